The van der Waals surface area contributed by atoms with Gasteiger partial charge < -0.3 is 5.32 Å². The van der Waals surface area contributed by atoms with Crippen molar-refractivity contribution in [3.8, 4) is 0 Å². The number of hydrogen-bond donors (Lipinski definition) is 3. The molecule has 2 aromatic heterocycles. The number of carbonyl (C=O) groups excluding carboxylic acids is 2. The van der Waals surface area contributed by atoms with Crippen LogP contribution in [-0.4, -0.2) is 42.6 Å². The Labute approximate surface area is 193 Å². The van der Waals surface area contributed by atoms with Gasteiger partial charge in [0.2, 0.25) is 0 Å². The number of nitrogens with one attached hydrogen (secondary N) is 3. The highest BCUT2D eigenvalue weighted by molar-refractivity contribution is 6.21. The largest absolute Gasteiger partial charge is 0.365 e. The average molecular weight is 455 g/mol. The first kappa shape index (κ1) is 21.1. The summed E-state index contributed by atoms with van der Waals surface area (Å²) in [6, 6.07) is 16.4. The fourth-order valence-electron chi connectivity index (χ4n) is 3.70. The van der Waals surface area contributed by atoms with E-state index in [1.165, 1.54) is 6.07 Å². The highest BCUT2D eigenvalue weighted by atomic mass is 19.1. The maximum absolute atomic E-state index is 13.9. The van der Waals surface area contributed by atoms with Gasteiger partial charge in [-0.1, -0.05) is 30.3 Å². The summed E-state index contributed by atoms with van der Waals surface area (Å²) in [6.07, 6.45) is 1.56. The molecule has 4 aromatic rings. The number of imide groups is 1. The van der Waals surface area contributed by atoms with Crippen molar-refractivity contribution in [2.24, 2.45) is 0 Å². The van der Waals surface area contributed by atoms with Gasteiger partial charge in [0.1, 0.15) is 23.2 Å². The number of aromatic amines is 1. The molecule has 0 fully saturated rings. The number of hydrogen-bond acceptors (Lipinski definition) is 7. The van der Waals surface area contributed by atoms with Gasteiger partial charge in [-0.25, -0.2) is 14.4 Å². The van der Waals surface area contributed by atoms with Gasteiger partial charge in [-0.05, 0) is 30.3 Å². The number of rotatable bonds is 7. The van der Waals surface area contributed by atoms with Crippen LogP contribution < -0.4 is 5.32 Å². The smallest absolute Gasteiger partial charge is 0.261 e. The highest BCUT2D eigenvalue weighted by Crippen LogP contribution is 2.24. The molecule has 34 heavy (non-hydrogen) atoms. The fraction of sp³-hybridized carbons (Fsp3) is 0.0833. The molecule has 2 aromatic carbocycles. The third-order valence-electron chi connectivity index (χ3n) is 5.42. The second-order valence-electron chi connectivity index (χ2n) is 7.57. The van der Waals surface area contributed by atoms with Crippen LogP contribution >= 0.6 is 0 Å². The topological polar surface area (TPSA) is 128 Å². The molecule has 9 nitrogen and oxygen atoms in total. The van der Waals surface area contributed by atoms with Crippen LogP contribution in [0, 0.1) is 11.2 Å². The molecule has 0 aliphatic carbocycles. The van der Waals surface area contributed by atoms with Crippen molar-refractivity contribution in [3.05, 3.63) is 107 Å². The summed E-state index contributed by atoms with van der Waals surface area (Å²) >= 11 is 0. The first-order valence-electron chi connectivity index (χ1n) is 10.4. The third kappa shape index (κ3) is 3.81. The fourth-order valence-corrected chi connectivity index (χ4v) is 3.70. The van der Waals surface area contributed by atoms with Crippen molar-refractivity contribution in [2.45, 2.75) is 13.1 Å². The van der Waals surface area contributed by atoms with Crippen molar-refractivity contribution >= 4 is 23.3 Å². The van der Waals surface area contributed by atoms with Crippen LogP contribution in [0.1, 0.15) is 43.5 Å². The molecule has 0 atom stereocenters. The predicted octanol–water partition coefficient (Wildman–Crippen LogP) is 3.16. The summed E-state index contributed by atoms with van der Waals surface area (Å²) in [6.45, 7) is 0.0843. The Hall–Kier alpha value is -4.73. The van der Waals surface area contributed by atoms with Crippen LogP contribution in [-0.2, 0) is 13.1 Å². The van der Waals surface area contributed by atoms with E-state index < -0.39 is 11.8 Å². The molecule has 0 bridgehead atoms. The monoisotopic (exact) mass is 455 g/mol. The molecule has 1 aliphatic rings. The molecule has 0 radical (unpaired) electrons. The molecule has 3 N–H and O–H groups in total. The third-order valence-corrected chi connectivity index (χ3v) is 5.42. The lowest BCUT2D eigenvalue weighted by molar-refractivity contribution is 0.0638. The average Bonchev–Trinajstić information content (AvgIpc) is 3.43. The van der Waals surface area contributed by atoms with E-state index in [2.05, 4.69) is 25.5 Å². The normalized spacial score (nSPS) is 12.7. The van der Waals surface area contributed by atoms with Gasteiger partial charge in [-0.3, -0.25) is 25.0 Å². The summed E-state index contributed by atoms with van der Waals surface area (Å²) < 4.78 is 13.9. The van der Waals surface area contributed by atoms with E-state index >= 15 is 0 Å². The molecule has 0 saturated carbocycles. The van der Waals surface area contributed by atoms with Gasteiger partial charge in [-0.15, -0.1) is 0 Å². The summed E-state index contributed by atoms with van der Waals surface area (Å²) in [5.41, 5.74) is 1.56. The minimum Gasteiger partial charge on any atom is -0.365 e. The minimum absolute atomic E-state index is 0.0194. The van der Waals surface area contributed by atoms with Crippen molar-refractivity contribution in [3.63, 3.8) is 0 Å². The molecule has 10 heteroatoms. The number of anilines is 1. The van der Waals surface area contributed by atoms with Crippen LogP contribution in [0.25, 0.3) is 0 Å². The number of benzene rings is 2. The number of H-pyrrole nitrogens is 1. The Balaban J connectivity index is 1.33. The molecular formula is C24H18FN7O2. The molecule has 5 rings (SSSR count). The van der Waals surface area contributed by atoms with Gasteiger partial charge in [-0.2, -0.15) is 5.10 Å². The molecule has 2 amide bonds. The highest BCUT2D eigenvalue weighted by Gasteiger charge is 2.35. The molecule has 1 aliphatic heterocycles. The SMILES string of the molecule is N=C(c1n[nH]c(CN2C(=O)c3ccccc3C2=O)n1)c1cccnc1NCc1ccccc1F. The van der Waals surface area contributed by atoms with E-state index in [4.69, 9.17) is 5.41 Å². The van der Waals surface area contributed by atoms with Crippen molar-refractivity contribution in [2.75, 3.05) is 5.32 Å². The Kier molecular flexibility index (Phi) is 5.38. The zero-order valence-corrected chi connectivity index (χ0v) is 17.7. The zero-order chi connectivity index (χ0) is 23.7. The molecule has 0 spiro atoms. The Bertz CT molecular complexity index is 1400. The number of fused-ring (bicyclic) bond motifs is 1. The minimum atomic E-state index is -0.402. The zero-order valence-electron chi connectivity index (χ0n) is 17.7. The standard InChI is InChI=1S/C24H18FN7O2/c25-18-10-4-1-6-14(18)12-28-21-17(9-5-11-27-21)20(26)22-29-19(30-31-22)13-32-23(33)15-7-2-3-8-16(15)24(32)34/h1-11,26H,12-13H2,(H,27,28)(H,29,30,31). The molecule has 0 saturated heterocycles. The van der Waals surface area contributed by atoms with Gasteiger partial charge >= 0.3 is 0 Å². The lowest BCUT2D eigenvalue weighted by Gasteiger charge is -2.11. The second-order valence-corrected chi connectivity index (χ2v) is 7.57. The maximum atomic E-state index is 13.9. The first-order chi connectivity index (χ1) is 16.5. The lowest BCUT2D eigenvalue weighted by atomic mass is 10.1. The van der Waals surface area contributed by atoms with E-state index in [-0.39, 0.29) is 36.3 Å². The summed E-state index contributed by atoms with van der Waals surface area (Å²) in [4.78, 5) is 34.8. The number of aromatic nitrogens is 4. The van der Waals surface area contributed by atoms with Crippen molar-refractivity contribution in [1.29, 1.82) is 5.41 Å². The Morgan fingerprint density at radius 3 is 2.44 bits per heavy atom. The summed E-state index contributed by atoms with van der Waals surface area (Å²) in [5.74, 6) is -0.426. The van der Waals surface area contributed by atoms with Gasteiger partial charge in [0.05, 0.1) is 17.7 Å². The van der Waals surface area contributed by atoms with Gasteiger partial charge in [0.25, 0.3) is 11.8 Å². The Morgan fingerprint density at radius 2 is 1.71 bits per heavy atom. The maximum Gasteiger partial charge on any atom is 0.261 e. The van der Waals surface area contributed by atoms with Crippen molar-refractivity contribution in [1.82, 2.24) is 25.1 Å². The molecular weight excluding hydrogens is 437 g/mol. The van der Waals surface area contributed by atoms with Gasteiger partial charge in [0, 0.05) is 23.9 Å². The summed E-state index contributed by atoms with van der Waals surface area (Å²) in [7, 11) is 0. The van der Waals surface area contributed by atoms with Gasteiger partial charge in [0.15, 0.2) is 5.82 Å². The van der Waals surface area contributed by atoms with E-state index in [0.29, 0.717) is 28.1 Å². The first-order valence-corrected chi connectivity index (χ1v) is 10.4. The number of pyridine rings is 1. The number of amides is 2. The van der Waals surface area contributed by atoms with Crippen LogP contribution in [0.4, 0.5) is 10.2 Å². The number of nitrogens with zero attached hydrogens (tertiary/aromatic N) is 4. The quantitative estimate of drug-likeness (QED) is 0.290. The van der Waals surface area contributed by atoms with Crippen LogP contribution in [0.3, 0.4) is 0 Å². The number of carbonyl (C=O) groups is 2. The van der Waals surface area contributed by atoms with E-state index in [1.807, 2.05) is 0 Å². The Morgan fingerprint density at radius 1 is 1.00 bits per heavy atom. The van der Waals surface area contributed by atoms with E-state index in [1.54, 1.807) is 60.8 Å². The van der Waals surface area contributed by atoms with Crippen LogP contribution in [0.2, 0.25) is 0 Å². The molecule has 0 unspecified atom stereocenters. The van der Waals surface area contributed by atoms with Crippen molar-refractivity contribution < 1.29 is 14.0 Å². The predicted molar refractivity (Wildman–Crippen MR) is 121 cm³/mol. The molecule has 3 heterocycles. The van der Waals surface area contributed by atoms with Crippen LogP contribution in [0.5, 0.6) is 0 Å². The molecule has 168 valence electrons. The van der Waals surface area contributed by atoms with E-state index in [9.17, 15) is 14.0 Å². The van der Waals surface area contributed by atoms with Crippen LogP contribution in [0.15, 0.2) is 66.9 Å². The summed E-state index contributed by atoms with van der Waals surface area (Å²) in [5, 5.41) is 18.4. The second kappa shape index (κ2) is 8.66. The number of halogens is 1. The lowest BCUT2D eigenvalue weighted by Crippen LogP contribution is -2.29. The van der Waals surface area contributed by atoms with E-state index in [0.717, 1.165) is 4.90 Å².